The minimum absolute atomic E-state index is 0.664. The Labute approximate surface area is 190 Å². The number of benzene rings is 3. The number of para-hydroxylation sites is 3. The SMILES string of the molecule is SCn1cnc2ccccc21.c1ccc(Nc2ccc(NC3CCCCC3)cc2)cc1. The summed E-state index contributed by atoms with van der Waals surface area (Å²) in [6.07, 6.45) is 8.56. The Hall–Kier alpha value is -2.92. The lowest BCUT2D eigenvalue weighted by Gasteiger charge is -2.24. The van der Waals surface area contributed by atoms with Crippen molar-refractivity contribution in [1.82, 2.24) is 9.55 Å². The molecule has 1 fully saturated rings. The molecule has 5 heteroatoms. The number of thiol groups is 1. The Kier molecular flexibility index (Phi) is 7.51. The lowest BCUT2D eigenvalue weighted by Crippen LogP contribution is -2.22. The Morgan fingerprint density at radius 2 is 1.42 bits per heavy atom. The van der Waals surface area contributed by atoms with Gasteiger partial charge in [-0.05, 0) is 61.4 Å². The largest absolute Gasteiger partial charge is 0.382 e. The lowest BCUT2D eigenvalue weighted by molar-refractivity contribution is 0.463. The number of rotatable bonds is 5. The van der Waals surface area contributed by atoms with Gasteiger partial charge in [0.2, 0.25) is 0 Å². The van der Waals surface area contributed by atoms with Crippen molar-refractivity contribution in [3.8, 4) is 0 Å². The second-order valence-corrected chi connectivity index (χ2v) is 8.17. The first-order chi connectivity index (χ1) is 15.3. The molecule has 0 bridgehead atoms. The van der Waals surface area contributed by atoms with Gasteiger partial charge in [-0.2, -0.15) is 12.6 Å². The molecule has 1 aliphatic carbocycles. The zero-order valence-electron chi connectivity index (χ0n) is 17.7. The molecule has 0 saturated heterocycles. The first kappa shape index (κ1) is 21.3. The standard InChI is InChI=1S/C18H22N2.C8H8N2S/c1-3-7-15(8-4-1)19-17-11-13-18(14-12-17)20-16-9-5-2-6-10-16;11-6-10-5-9-7-3-1-2-4-8(7)10/h1,3-4,7-8,11-14,16,19-20H,2,5-6,9-10H2;1-5,11H,6H2. The molecule has 0 atom stereocenters. The number of imidazole rings is 1. The third kappa shape index (κ3) is 6.05. The van der Waals surface area contributed by atoms with Crippen LogP contribution in [0.5, 0.6) is 0 Å². The van der Waals surface area contributed by atoms with E-state index in [1.54, 1.807) is 6.33 Å². The Morgan fingerprint density at radius 1 is 0.774 bits per heavy atom. The summed E-state index contributed by atoms with van der Waals surface area (Å²) >= 11 is 4.18. The molecular weight excluding hydrogens is 400 g/mol. The molecule has 3 aromatic carbocycles. The molecule has 0 amide bonds. The van der Waals surface area contributed by atoms with E-state index in [9.17, 15) is 0 Å². The predicted octanol–water partition coefficient (Wildman–Crippen LogP) is 7.10. The number of hydrogen-bond acceptors (Lipinski definition) is 4. The molecule has 160 valence electrons. The highest BCUT2D eigenvalue weighted by molar-refractivity contribution is 7.79. The molecule has 5 rings (SSSR count). The maximum Gasteiger partial charge on any atom is 0.0965 e. The van der Waals surface area contributed by atoms with Gasteiger partial charge in [0.25, 0.3) is 0 Å². The normalized spacial score (nSPS) is 14.0. The van der Waals surface area contributed by atoms with E-state index in [0.717, 1.165) is 22.4 Å². The van der Waals surface area contributed by atoms with Crippen molar-refractivity contribution in [2.24, 2.45) is 0 Å². The van der Waals surface area contributed by atoms with Crippen LogP contribution in [-0.4, -0.2) is 15.6 Å². The van der Waals surface area contributed by atoms with E-state index in [1.807, 2.05) is 47.0 Å². The lowest BCUT2D eigenvalue weighted by atomic mass is 9.95. The van der Waals surface area contributed by atoms with Crippen LogP contribution in [-0.2, 0) is 5.88 Å². The third-order valence-corrected chi connectivity index (χ3v) is 5.91. The van der Waals surface area contributed by atoms with Crippen LogP contribution in [0.4, 0.5) is 17.1 Å². The van der Waals surface area contributed by atoms with Gasteiger partial charge in [-0.1, -0.05) is 49.6 Å². The predicted molar refractivity (Wildman–Crippen MR) is 135 cm³/mol. The number of aromatic nitrogens is 2. The maximum atomic E-state index is 4.20. The third-order valence-electron chi connectivity index (χ3n) is 5.60. The van der Waals surface area contributed by atoms with Gasteiger partial charge >= 0.3 is 0 Å². The van der Waals surface area contributed by atoms with E-state index in [1.165, 1.54) is 37.8 Å². The quantitative estimate of drug-likeness (QED) is 0.296. The van der Waals surface area contributed by atoms with Crippen LogP contribution in [0.3, 0.4) is 0 Å². The van der Waals surface area contributed by atoms with Crippen LogP contribution in [0.1, 0.15) is 32.1 Å². The van der Waals surface area contributed by atoms with Crippen LogP contribution in [0.25, 0.3) is 11.0 Å². The van der Waals surface area contributed by atoms with Crippen molar-refractivity contribution in [1.29, 1.82) is 0 Å². The Morgan fingerprint density at radius 3 is 2.16 bits per heavy atom. The summed E-state index contributed by atoms with van der Waals surface area (Å²) in [5.41, 5.74) is 5.66. The van der Waals surface area contributed by atoms with Crippen LogP contribution in [0, 0.1) is 0 Å². The van der Waals surface area contributed by atoms with Gasteiger partial charge in [0.15, 0.2) is 0 Å². The fraction of sp³-hybridized carbons (Fsp3) is 0.269. The van der Waals surface area contributed by atoms with Gasteiger partial charge in [-0.3, -0.25) is 0 Å². The van der Waals surface area contributed by atoms with Gasteiger partial charge < -0.3 is 15.2 Å². The van der Waals surface area contributed by atoms with Crippen molar-refractivity contribution in [2.75, 3.05) is 10.6 Å². The molecule has 31 heavy (non-hydrogen) atoms. The van der Waals surface area contributed by atoms with Crippen molar-refractivity contribution >= 4 is 40.7 Å². The average molecular weight is 431 g/mol. The van der Waals surface area contributed by atoms with E-state index in [4.69, 9.17) is 0 Å². The zero-order chi connectivity index (χ0) is 21.3. The molecule has 0 unspecified atom stereocenters. The second kappa shape index (κ2) is 10.9. The number of anilines is 3. The molecule has 1 heterocycles. The summed E-state index contributed by atoms with van der Waals surface area (Å²) in [4.78, 5) is 4.20. The van der Waals surface area contributed by atoms with Gasteiger partial charge in [0.05, 0.1) is 23.2 Å². The van der Waals surface area contributed by atoms with Crippen molar-refractivity contribution in [2.45, 2.75) is 44.0 Å². The van der Waals surface area contributed by atoms with E-state index in [2.05, 4.69) is 64.6 Å². The zero-order valence-corrected chi connectivity index (χ0v) is 18.6. The summed E-state index contributed by atoms with van der Waals surface area (Å²) in [5, 5.41) is 7.05. The van der Waals surface area contributed by atoms with E-state index >= 15 is 0 Å². The number of fused-ring (bicyclic) bond motifs is 1. The monoisotopic (exact) mass is 430 g/mol. The fourth-order valence-electron chi connectivity index (χ4n) is 3.94. The smallest absolute Gasteiger partial charge is 0.0965 e. The van der Waals surface area contributed by atoms with Crippen LogP contribution in [0.2, 0.25) is 0 Å². The summed E-state index contributed by atoms with van der Waals surface area (Å²) in [6, 6.07) is 27.6. The van der Waals surface area contributed by atoms with Crippen LogP contribution in [0.15, 0.2) is 85.2 Å². The van der Waals surface area contributed by atoms with Gasteiger partial charge in [-0.15, -0.1) is 0 Å². The Balaban J connectivity index is 0.000000177. The Bertz CT molecular complexity index is 1050. The van der Waals surface area contributed by atoms with E-state index in [-0.39, 0.29) is 0 Å². The number of nitrogens with zero attached hydrogens (tertiary/aromatic N) is 2. The van der Waals surface area contributed by atoms with Crippen molar-refractivity contribution in [3.63, 3.8) is 0 Å². The summed E-state index contributed by atoms with van der Waals surface area (Å²) < 4.78 is 2.00. The molecular formula is C26H30N4S. The molecule has 2 N–H and O–H groups in total. The molecule has 4 nitrogen and oxygen atoms in total. The molecule has 0 aliphatic heterocycles. The highest BCUT2D eigenvalue weighted by atomic mass is 32.1. The minimum Gasteiger partial charge on any atom is -0.382 e. The molecule has 0 radical (unpaired) electrons. The molecule has 1 aromatic heterocycles. The van der Waals surface area contributed by atoms with E-state index < -0.39 is 0 Å². The molecule has 0 spiro atoms. The van der Waals surface area contributed by atoms with Crippen molar-refractivity contribution < 1.29 is 0 Å². The molecule has 1 aliphatic rings. The molecule has 4 aromatic rings. The summed E-state index contributed by atoms with van der Waals surface area (Å²) in [5.74, 6) is 0.681. The first-order valence-corrected chi connectivity index (χ1v) is 11.6. The van der Waals surface area contributed by atoms with Crippen molar-refractivity contribution in [3.05, 3.63) is 85.2 Å². The second-order valence-electron chi connectivity index (χ2n) is 7.89. The minimum atomic E-state index is 0.664. The van der Waals surface area contributed by atoms with Crippen LogP contribution >= 0.6 is 12.6 Å². The van der Waals surface area contributed by atoms with Gasteiger partial charge in [-0.25, -0.2) is 4.98 Å². The van der Waals surface area contributed by atoms with E-state index in [0.29, 0.717) is 11.9 Å². The first-order valence-electron chi connectivity index (χ1n) is 11.0. The van der Waals surface area contributed by atoms with Crippen LogP contribution < -0.4 is 10.6 Å². The summed E-state index contributed by atoms with van der Waals surface area (Å²) in [6.45, 7) is 0. The van der Waals surface area contributed by atoms with Gasteiger partial charge in [0, 0.05) is 23.1 Å². The van der Waals surface area contributed by atoms with Gasteiger partial charge in [0.1, 0.15) is 0 Å². The highest BCUT2D eigenvalue weighted by Crippen LogP contribution is 2.23. The maximum absolute atomic E-state index is 4.20. The fourth-order valence-corrected chi connectivity index (χ4v) is 4.17. The number of hydrogen-bond donors (Lipinski definition) is 3. The summed E-state index contributed by atoms with van der Waals surface area (Å²) in [7, 11) is 0. The number of nitrogens with one attached hydrogen (secondary N) is 2. The molecule has 1 saturated carbocycles. The average Bonchev–Trinajstić information content (AvgIpc) is 3.26. The highest BCUT2D eigenvalue weighted by Gasteiger charge is 2.12. The topological polar surface area (TPSA) is 41.9 Å².